The monoisotopic (exact) mass is 554 g/mol. The second kappa shape index (κ2) is 16.5. The second-order valence-corrected chi connectivity index (χ2v) is 10.0. The molecular weight excluding hydrogens is 516 g/mol. The molecule has 1 aromatic carbocycles. The summed E-state index contributed by atoms with van der Waals surface area (Å²) in [6.45, 7) is 3.54. The van der Waals surface area contributed by atoms with E-state index in [1.165, 1.54) is 23.9 Å². The van der Waals surface area contributed by atoms with Crippen LogP contribution in [0.3, 0.4) is 0 Å². The lowest BCUT2D eigenvalue weighted by atomic mass is 9.96. The number of aliphatic carboxylic acids is 2. The number of carboxylic acids is 2. The van der Waals surface area contributed by atoms with Gasteiger partial charge in [-0.25, -0.2) is 4.79 Å². The Labute approximate surface area is 226 Å². The van der Waals surface area contributed by atoms with Gasteiger partial charge in [0.05, 0.1) is 6.04 Å². The van der Waals surface area contributed by atoms with Crippen molar-refractivity contribution in [3.8, 4) is 5.75 Å². The maximum absolute atomic E-state index is 13.3. The Morgan fingerprint density at radius 2 is 1.53 bits per heavy atom. The van der Waals surface area contributed by atoms with E-state index in [1.54, 1.807) is 19.1 Å². The van der Waals surface area contributed by atoms with E-state index in [2.05, 4.69) is 16.0 Å². The van der Waals surface area contributed by atoms with Gasteiger partial charge < -0.3 is 37.0 Å². The highest BCUT2D eigenvalue weighted by Crippen LogP contribution is 2.14. The van der Waals surface area contributed by atoms with Gasteiger partial charge in [0.25, 0.3) is 0 Å². The fourth-order valence-electron chi connectivity index (χ4n) is 3.48. The Kier molecular flexibility index (Phi) is 14.2. The number of benzene rings is 1. The van der Waals surface area contributed by atoms with Crippen LogP contribution in [0.15, 0.2) is 24.3 Å². The van der Waals surface area contributed by atoms with Crippen molar-refractivity contribution in [3.05, 3.63) is 29.8 Å². The molecule has 0 aromatic heterocycles. The lowest BCUT2D eigenvalue weighted by Gasteiger charge is -2.28. The predicted octanol–water partition coefficient (Wildman–Crippen LogP) is 0.465. The molecule has 3 amide bonds. The van der Waals surface area contributed by atoms with Crippen LogP contribution in [-0.2, 0) is 30.4 Å². The minimum Gasteiger partial charge on any atom is -0.508 e. The second-order valence-electron chi connectivity index (χ2n) is 9.02. The zero-order valence-electron chi connectivity index (χ0n) is 21.8. The van der Waals surface area contributed by atoms with Gasteiger partial charge >= 0.3 is 11.9 Å². The Morgan fingerprint density at radius 1 is 0.921 bits per heavy atom. The summed E-state index contributed by atoms with van der Waals surface area (Å²) in [6.07, 6.45) is 2.05. The number of amides is 3. The Morgan fingerprint density at radius 3 is 2.05 bits per heavy atom. The van der Waals surface area contributed by atoms with Crippen LogP contribution in [-0.4, -0.2) is 81.2 Å². The van der Waals surface area contributed by atoms with Crippen LogP contribution in [0.25, 0.3) is 0 Å². The van der Waals surface area contributed by atoms with E-state index in [0.29, 0.717) is 17.7 Å². The Balaban J connectivity index is 3.14. The van der Waals surface area contributed by atoms with E-state index < -0.39 is 53.8 Å². The normalized spacial score (nSPS) is 14.8. The molecule has 5 unspecified atom stereocenters. The molecule has 0 fully saturated rings. The zero-order valence-corrected chi connectivity index (χ0v) is 22.6. The maximum Gasteiger partial charge on any atom is 0.326 e. The van der Waals surface area contributed by atoms with Crippen LogP contribution in [0.2, 0.25) is 0 Å². The number of carbonyl (C=O) groups is 5. The standard InChI is InChI=1S/C25H38N4O8S/c1-4-14(2)21(29-22(33)17(26)9-10-20(31)32)24(35)28-19(13-15-5-7-16(30)8-6-15)23(34)27-18(25(36)37)11-12-38-3/h5-8,14,17-19,21,30H,4,9-13,26H2,1-3H3,(H,27,34)(H,28,35)(H,29,33)(H,31,32)(H,36,37). The fourth-order valence-corrected chi connectivity index (χ4v) is 3.95. The van der Waals surface area contributed by atoms with Crippen molar-refractivity contribution in [1.29, 1.82) is 0 Å². The summed E-state index contributed by atoms with van der Waals surface area (Å²) in [5.74, 6) is -4.25. The first-order chi connectivity index (χ1) is 17.9. The molecule has 0 aliphatic carbocycles. The van der Waals surface area contributed by atoms with Crippen molar-refractivity contribution in [2.75, 3.05) is 12.0 Å². The largest absolute Gasteiger partial charge is 0.508 e. The molecule has 1 rings (SSSR count). The van der Waals surface area contributed by atoms with Crippen LogP contribution in [0.4, 0.5) is 0 Å². The first-order valence-electron chi connectivity index (χ1n) is 12.3. The average molecular weight is 555 g/mol. The van der Waals surface area contributed by atoms with Crippen molar-refractivity contribution in [3.63, 3.8) is 0 Å². The van der Waals surface area contributed by atoms with Gasteiger partial charge in [0.15, 0.2) is 0 Å². The lowest BCUT2D eigenvalue weighted by molar-refractivity contribution is -0.142. The highest BCUT2D eigenvalue weighted by atomic mass is 32.2. The molecule has 0 saturated heterocycles. The summed E-state index contributed by atoms with van der Waals surface area (Å²) >= 11 is 1.43. The summed E-state index contributed by atoms with van der Waals surface area (Å²) in [6, 6.07) is 1.41. The number of phenols is 1. The number of rotatable bonds is 17. The van der Waals surface area contributed by atoms with Crippen LogP contribution in [0.5, 0.6) is 5.75 Å². The quantitative estimate of drug-likeness (QED) is 0.141. The number of phenolic OH excluding ortho intramolecular Hbond substituents is 1. The molecule has 0 radical (unpaired) electrons. The number of carbonyl (C=O) groups excluding carboxylic acids is 3. The molecule has 1 aromatic rings. The summed E-state index contributed by atoms with van der Waals surface area (Å²) in [5.41, 5.74) is 6.39. The van der Waals surface area contributed by atoms with E-state index in [9.17, 15) is 34.2 Å². The number of nitrogens with one attached hydrogen (secondary N) is 3. The zero-order chi connectivity index (χ0) is 28.8. The van der Waals surface area contributed by atoms with Gasteiger partial charge in [-0.2, -0.15) is 11.8 Å². The van der Waals surface area contributed by atoms with Gasteiger partial charge in [-0.15, -0.1) is 0 Å². The first-order valence-corrected chi connectivity index (χ1v) is 13.7. The van der Waals surface area contributed by atoms with Crippen LogP contribution < -0.4 is 21.7 Å². The molecule has 212 valence electrons. The summed E-state index contributed by atoms with van der Waals surface area (Å²) in [7, 11) is 0. The molecular formula is C25H38N4O8S. The van der Waals surface area contributed by atoms with Crippen LogP contribution in [0, 0.1) is 5.92 Å². The number of hydrogen-bond donors (Lipinski definition) is 7. The van der Waals surface area contributed by atoms with Gasteiger partial charge in [-0.1, -0.05) is 32.4 Å². The van der Waals surface area contributed by atoms with E-state index in [-0.39, 0.29) is 37.4 Å². The van der Waals surface area contributed by atoms with Gasteiger partial charge in [-0.3, -0.25) is 19.2 Å². The van der Waals surface area contributed by atoms with Crippen molar-refractivity contribution in [2.24, 2.45) is 11.7 Å². The Hall–Kier alpha value is -3.32. The number of carboxylic acid groups (broad SMARTS) is 2. The van der Waals surface area contributed by atoms with Crippen molar-refractivity contribution in [1.82, 2.24) is 16.0 Å². The highest BCUT2D eigenvalue weighted by Gasteiger charge is 2.32. The molecule has 13 heteroatoms. The summed E-state index contributed by atoms with van der Waals surface area (Å²) in [4.78, 5) is 61.5. The van der Waals surface area contributed by atoms with E-state index in [4.69, 9.17) is 10.8 Å². The first kappa shape index (κ1) is 32.7. The number of hydrogen-bond acceptors (Lipinski definition) is 8. The van der Waals surface area contributed by atoms with Gasteiger partial charge in [0.1, 0.15) is 23.9 Å². The molecule has 5 atom stereocenters. The van der Waals surface area contributed by atoms with Gasteiger partial charge in [0.2, 0.25) is 17.7 Å². The van der Waals surface area contributed by atoms with E-state index in [0.717, 1.165) is 0 Å². The molecule has 38 heavy (non-hydrogen) atoms. The summed E-state index contributed by atoms with van der Waals surface area (Å²) < 4.78 is 0. The van der Waals surface area contributed by atoms with Gasteiger partial charge in [-0.05, 0) is 48.5 Å². The number of thioether (sulfide) groups is 1. The molecule has 0 spiro atoms. The van der Waals surface area contributed by atoms with E-state index >= 15 is 0 Å². The molecule has 8 N–H and O–H groups in total. The minimum absolute atomic E-state index is 0.00792. The molecule has 12 nitrogen and oxygen atoms in total. The van der Waals surface area contributed by atoms with Crippen molar-refractivity contribution < 1.29 is 39.3 Å². The molecule has 0 saturated carbocycles. The van der Waals surface area contributed by atoms with E-state index in [1.807, 2.05) is 13.2 Å². The third-order valence-electron chi connectivity index (χ3n) is 6.03. The maximum atomic E-state index is 13.3. The molecule has 0 aliphatic heterocycles. The Bertz CT molecular complexity index is 959. The fraction of sp³-hybridized carbons (Fsp3) is 0.560. The summed E-state index contributed by atoms with van der Waals surface area (Å²) in [5, 5.41) is 35.6. The third-order valence-corrected chi connectivity index (χ3v) is 6.68. The number of nitrogens with two attached hydrogens (primary N) is 1. The van der Waals surface area contributed by atoms with Crippen molar-refractivity contribution >= 4 is 41.4 Å². The smallest absolute Gasteiger partial charge is 0.326 e. The van der Waals surface area contributed by atoms with Crippen LogP contribution in [0.1, 0.15) is 45.1 Å². The molecule has 0 bridgehead atoms. The predicted molar refractivity (Wildman–Crippen MR) is 143 cm³/mol. The number of aromatic hydroxyl groups is 1. The van der Waals surface area contributed by atoms with Crippen molar-refractivity contribution in [2.45, 2.75) is 70.1 Å². The highest BCUT2D eigenvalue weighted by molar-refractivity contribution is 7.98. The minimum atomic E-state index is -1.21. The third kappa shape index (κ3) is 11.4. The lowest BCUT2D eigenvalue weighted by Crippen LogP contribution is -2.59. The van der Waals surface area contributed by atoms with Gasteiger partial charge in [0, 0.05) is 12.8 Å². The SMILES string of the molecule is CCC(C)C(NC(=O)C(N)CCC(=O)O)C(=O)NC(Cc1ccc(O)cc1)C(=O)NC(CCSC)C(=O)O. The molecule has 0 heterocycles. The van der Waals surface area contributed by atoms with Crippen LogP contribution >= 0.6 is 11.8 Å². The average Bonchev–Trinajstić information content (AvgIpc) is 2.87. The molecule has 0 aliphatic rings. The topological polar surface area (TPSA) is 208 Å².